The minimum absolute atomic E-state index is 0.0338. The van der Waals surface area contributed by atoms with Crippen molar-refractivity contribution in [2.75, 3.05) is 69.4 Å². The topological polar surface area (TPSA) is 460 Å². The zero-order valence-corrected chi connectivity index (χ0v) is 79.4. The van der Waals surface area contributed by atoms with Crippen molar-refractivity contribution in [3.63, 3.8) is 0 Å². The molecule has 1 aliphatic heterocycles. The second kappa shape index (κ2) is 39.8. The van der Waals surface area contributed by atoms with Gasteiger partial charge in [-0.1, -0.05) is 146 Å². The zero-order chi connectivity index (χ0) is 98.9. The number of pyridine rings is 4. The third-order valence-corrected chi connectivity index (χ3v) is 25.6. The minimum atomic E-state index is -0.471. The van der Waals surface area contributed by atoms with Crippen LogP contribution in [0.4, 0.5) is 23.3 Å². The van der Waals surface area contributed by atoms with Gasteiger partial charge in [-0.3, -0.25) is 52.2 Å². The Morgan fingerprint density at radius 3 is 1.03 bits per heavy atom. The van der Waals surface area contributed by atoms with Crippen LogP contribution >= 0.6 is 0 Å². The van der Waals surface area contributed by atoms with Crippen LogP contribution in [0.25, 0.3) is 110 Å². The number of benzene rings is 8. The third-order valence-electron chi connectivity index (χ3n) is 25.6. The summed E-state index contributed by atoms with van der Waals surface area (Å²) < 4.78 is 19.5. The van der Waals surface area contributed by atoms with Crippen molar-refractivity contribution in [2.24, 2.45) is 0 Å². The monoisotopic (exact) mass is 1890 g/mol. The number of nitrogens with zero attached hydrogens (tertiary/aromatic N) is 23. The second-order valence-electron chi connectivity index (χ2n) is 35.1. The lowest BCUT2D eigenvalue weighted by Gasteiger charge is -2.26. The fourth-order valence-electron chi connectivity index (χ4n) is 18.6. The summed E-state index contributed by atoms with van der Waals surface area (Å²) in [5.41, 5.74) is 42.8. The molecular weight excluding hydrogens is 1780 g/mol. The van der Waals surface area contributed by atoms with Crippen LogP contribution in [0.5, 0.6) is 0 Å². The average molecular weight is 1890 g/mol. The van der Waals surface area contributed by atoms with Crippen LogP contribution in [0.1, 0.15) is 91.3 Å². The van der Waals surface area contributed by atoms with Gasteiger partial charge in [0.25, 0.3) is 22.2 Å². The standard InChI is InChI=1S/C29H29N7O3.C27H27N7O3.C26H27N7O2.C23H20N6O/c1-18-6-3-4-9-23(18)36-21(14-20-8-5-7-19(2)25(20)29(36)38)16-35-28-26(27(30)31-17-32-28)22(33-35)15-24(37)34-10-12-39-13-11-34;1-16-7-4-5-10-22(16)34-20(13-19-9-6-8-17(2)23(19)27(34)36)14-32-26-24(25(28)29-15-30-26)21(31-32)11-12-33(37)18(3)35;1-16-7-4-5-10-21(16)33-19(13-18-9-6-8-17(2)22(18)26(33)34)14-32-25-23(24(27)28-15-29-25)20(30-32)11-12-31(3)35;1-14-6-3-4-9-18(14)29-17(10-16-8-5-7-15(2)19(16)23(29)30)11-28-13-27-20-21(24)25-12-26-22(20)28/h3-9,14,17H,10-13,15-16H2,1-2H3,(H2,30,31,32);4-10,13,15,37H,11-12,14H2,1-3H3,(H2,28,29,30);4-10,13,15,35H,11-12,14H2,1-3H3,(H2,27,28,29);3-10,12-13H,11H2,1-2H3,(H2,24,25,26). The van der Waals surface area contributed by atoms with Crippen LogP contribution in [0.15, 0.2) is 245 Å². The van der Waals surface area contributed by atoms with Crippen molar-refractivity contribution >= 4 is 122 Å². The molecule has 1 aliphatic rings. The molecule has 712 valence electrons. The Balaban J connectivity index is 0.000000125. The number of aromatic nitrogens is 20. The second-order valence-corrected chi connectivity index (χ2v) is 35.1. The molecular formula is C105H103N27O9. The van der Waals surface area contributed by atoms with Crippen LogP contribution in [-0.4, -0.2) is 181 Å². The van der Waals surface area contributed by atoms with Gasteiger partial charge in [0.05, 0.1) is 136 Å². The summed E-state index contributed by atoms with van der Waals surface area (Å²) in [4.78, 5) is 120. The number of nitrogens with two attached hydrogens (primary N) is 4. The van der Waals surface area contributed by atoms with E-state index in [4.69, 9.17) is 43.0 Å². The predicted octanol–water partition coefficient (Wildman–Crippen LogP) is 12.6. The van der Waals surface area contributed by atoms with Gasteiger partial charge in [0, 0.05) is 69.2 Å². The first-order valence-corrected chi connectivity index (χ1v) is 45.9. The van der Waals surface area contributed by atoms with E-state index in [9.17, 15) is 39.2 Å². The molecule has 8 aromatic carbocycles. The number of morpholine rings is 1. The number of anilines is 4. The molecule has 1 fully saturated rings. The van der Waals surface area contributed by atoms with E-state index in [0.29, 0.717) is 147 Å². The van der Waals surface area contributed by atoms with Crippen LogP contribution in [0.2, 0.25) is 0 Å². The molecule has 141 heavy (non-hydrogen) atoms. The molecule has 0 saturated carbocycles. The first-order valence-electron chi connectivity index (χ1n) is 45.9. The maximum absolute atomic E-state index is 14.0. The summed E-state index contributed by atoms with van der Waals surface area (Å²) >= 11 is 0. The first kappa shape index (κ1) is 94.2. The van der Waals surface area contributed by atoms with Gasteiger partial charge in [-0.15, -0.1) is 0 Å². The van der Waals surface area contributed by atoms with Gasteiger partial charge < -0.3 is 42.3 Å². The zero-order valence-electron chi connectivity index (χ0n) is 79.4. The largest absolute Gasteiger partial charge is 0.383 e. The molecule has 2 amide bonds. The Bertz CT molecular complexity index is 8580. The van der Waals surface area contributed by atoms with Crippen molar-refractivity contribution in [3.05, 3.63) is 352 Å². The quantitative estimate of drug-likeness (QED) is 0.0305. The molecule has 20 aromatic rings. The van der Waals surface area contributed by atoms with E-state index in [-0.39, 0.29) is 72.3 Å². The molecule has 36 heteroatoms. The minimum Gasteiger partial charge on any atom is -0.383 e. The van der Waals surface area contributed by atoms with Crippen molar-refractivity contribution in [2.45, 2.75) is 108 Å². The first-order chi connectivity index (χ1) is 68.1. The number of hydrogen-bond acceptors (Lipinski definition) is 26. The highest BCUT2D eigenvalue weighted by molar-refractivity contribution is 5.94. The number of rotatable bonds is 20. The average Bonchev–Trinajstić information content (AvgIpc) is 1.36. The number of nitrogen functional groups attached to an aromatic ring is 4. The summed E-state index contributed by atoms with van der Waals surface area (Å²) in [6.45, 7) is 20.8. The Morgan fingerprint density at radius 2 is 0.681 bits per heavy atom. The number of carbonyl (C=O) groups is 2. The highest BCUT2D eigenvalue weighted by Gasteiger charge is 2.29. The molecule has 21 rings (SSSR count). The Labute approximate surface area is 806 Å². The molecule has 1 saturated heterocycles. The van der Waals surface area contributed by atoms with Gasteiger partial charge in [-0.25, -0.2) is 64.0 Å². The molecule has 0 unspecified atom stereocenters. The third kappa shape index (κ3) is 18.7. The van der Waals surface area contributed by atoms with Gasteiger partial charge >= 0.3 is 0 Å². The predicted molar refractivity (Wildman–Crippen MR) is 544 cm³/mol. The molecule has 10 N–H and O–H groups in total. The summed E-state index contributed by atoms with van der Waals surface area (Å²) in [5.74, 6) is 0.671. The van der Waals surface area contributed by atoms with E-state index in [0.717, 1.165) is 122 Å². The normalized spacial score (nSPS) is 12.1. The number of fused-ring (bicyclic) bond motifs is 8. The number of para-hydroxylation sites is 4. The molecule has 0 bridgehead atoms. The lowest BCUT2D eigenvalue weighted by atomic mass is 10.1. The van der Waals surface area contributed by atoms with E-state index in [1.54, 1.807) is 50.6 Å². The van der Waals surface area contributed by atoms with E-state index < -0.39 is 5.91 Å². The number of imidazole rings is 1. The number of hydroxylamine groups is 4. The fraction of sp³-hybridized carbons (Fsp3) is 0.219. The number of hydrogen-bond donors (Lipinski definition) is 6. The molecule has 36 nitrogen and oxygen atoms in total. The summed E-state index contributed by atoms with van der Waals surface area (Å²) in [7, 11) is 1.58. The molecule has 0 atom stereocenters. The van der Waals surface area contributed by atoms with E-state index in [1.807, 2.05) is 248 Å². The van der Waals surface area contributed by atoms with Gasteiger partial charge in [0.1, 0.15) is 48.3 Å². The van der Waals surface area contributed by atoms with Gasteiger partial charge in [0.2, 0.25) is 11.8 Å². The Kier molecular flexibility index (Phi) is 26.6. The molecule has 0 aliphatic carbocycles. The molecule has 13 heterocycles. The lowest BCUT2D eigenvalue weighted by Crippen LogP contribution is -2.41. The number of carbonyl (C=O) groups excluding carboxylic acids is 2. The number of amides is 2. The van der Waals surface area contributed by atoms with Gasteiger partial charge in [-0.05, 0) is 170 Å². The number of likely N-dealkylation sites (N-methyl/N-ethyl adjacent to an activating group) is 1. The maximum atomic E-state index is 14.0. The summed E-state index contributed by atoms with van der Waals surface area (Å²) in [6, 6.07) is 62.8. The van der Waals surface area contributed by atoms with Crippen molar-refractivity contribution in [1.82, 2.24) is 112 Å². The SMILES string of the molecule is CC(=O)N(O)CCc1nn(Cc2cc3cccc(C)c3c(=O)n2-c2ccccc2C)c2ncnc(N)c12.Cc1ccccc1-n1c(Cn2cnc3c(N)ncnc32)cc2cccc(C)c2c1=O.Cc1ccccc1-n1c(Cn2nc(CC(=O)N3CCOCC3)c3c(N)ncnc32)cc2cccc(C)c2c1=O.Cc1ccccc1-n1c(Cn2nc(CCN(C)O)c3c(N)ncnc32)cc2cccc(C)c2c1=O. The van der Waals surface area contributed by atoms with E-state index in [1.165, 1.54) is 32.2 Å². The summed E-state index contributed by atoms with van der Waals surface area (Å²) in [5, 5.41) is 43.6. The van der Waals surface area contributed by atoms with Crippen LogP contribution in [0.3, 0.4) is 0 Å². The Hall–Kier alpha value is -17.2. The fourth-order valence-corrected chi connectivity index (χ4v) is 18.6. The molecule has 0 radical (unpaired) electrons. The van der Waals surface area contributed by atoms with Gasteiger partial charge in [-0.2, -0.15) is 20.4 Å². The highest BCUT2D eigenvalue weighted by atomic mass is 16.5. The molecule has 12 aromatic heterocycles. The van der Waals surface area contributed by atoms with Crippen molar-refractivity contribution in [3.8, 4) is 22.7 Å². The number of aryl methyl sites for hydroxylation is 8. The maximum Gasteiger partial charge on any atom is 0.263 e. The molecule has 0 spiro atoms. The highest BCUT2D eigenvalue weighted by Crippen LogP contribution is 2.33. The van der Waals surface area contributed by atoms with E-state index >= 15 is 0 Å². The van der Waals surface area contributed by atoms with E-state index in [2.05, 4.69) is 50.9 Å². The van der Waals surface area contributed by atoms with Crippen LogP contribution in [0, 0.1) is 55.4 Å². The Morgan fingerprint density at radius 1 is 0.369 bits per heavy atom. The van der Waals surface area contributed by atoms with Crippen molar-refractivity contribution < 1.29 is 24.7 Å². The van der Waals surface area contributed by atoms with Gasteiger partial charge in [0.15, 0.2) is 28.4 Å². The smallest absolute Gasteiger partial charge is 0.263 e. The number of ether oxygens (including phenoxy) is 1. The lowest BCUT2D eigenvalue weighted by molar-refractivity contribution is -0.162. The summed E-state index contributed by atoms with van der Waals surface area (Å²) in [6.07, 6.45) is 8.07. The van der Waals surface area contributed by atoms with Crippen LogP contribution in [-0.2, 0) is 59.8 Å². The van der Waals surface area contributed by atoms with Crippen molar-refractivity contribution in [1.29, 1.82) is 0 Å². The van der Waals surface area contributed by atoms with Crippen LogP contribution < -0.4 is 45.2 Å².